The van der Waals surface area contributed by atoms with Crippen LogP contribution in [0.15, 0.2) is 22.7 Å². The second kappa shape index (κ2) is 5.31. The van der Waals surface area contributed by atoms with Gasteiger partial charge in [-0.2, -0.15) is 4.98 Å². The van der Waals surface area contributed by atoms with E-state index < -0.39 is 0 Å². The summed E-state index contributed by atoms with van der Waals surface area (Å²) in [5, 5.41) is 3.98. The lowest BCUT2D eigenvalue weighted by Crippen LogP contribution is -2.21. The van der Waals surface area contributed by atoms with Crippen molar-refractivity contribution in [1.29, 1.82) is 0 Å². The molecule has 2 rings (SSSR count). The Kier molecular flexibility index (Phi) is 3.77. The van der Waals surface area contributed by atoms with Gasteiger partial charge >= 0.3 is 0 Å². The third-order valence-electron chi connectivity index (χ3n) is 3.05. The van der Waals surface area contributed by atoms with Gasteiger partial charge in [-0.25, -0.2) is 0 Å². The monoisotopic (exact) mass is 245 g/mol. The molecule has 4 heteroatoms. The summed E-state index contributed by atoms with van der Waals surface area (Å²) in [7, 11) is 0. The van der Waals surface area contributed by atoms with Crippen LogP contribution in [0.5, 0.6) is 0 Å². The average Bonchev–Trinajstić information content (AvgIpc) is 2.77. The predicted octanol–water partition coefficient (Wildman–Crippen LogP) is 2.63. The van der Waals surface area contributed by atoms with Crippen LogP contribution >= 0.6 is 0 Å². The second-order valence-electron chi connectivity index (χ2n) is 4.71. The molecular formula is C14H19N3O. The smallest absolute Gasteiger partial charge is 0.258 e. The van der Waals surface area contributed by atoms with Crippen LogP contribution in [0.3, 0.4) is 0 Å². The minimum absolute atomic E-state index is 0.0922. The molecule has 2 N–H and O–H groups in total. The van der Waals surface area contributed by atoms with Crippen molar-refractivity contribution >= 4 is 0 Å². The molecule has 0 fully saturated rings. The molecule has 1 aromatic carbocycles. The fourth-order valence-electron chi connectivity index (χ4n) is 1.88. The van der Waals surface area contributed by atoms with E-state index in [-0.39, 0.29) is 6.04 Å². The molecule has 1 aromatic heterocycles. The van der Waals surface area contributed by atoms with Gasteiger partial charge in [0.2, 0.25) is 0 Å². The van der Waals surface area contributed by atoms with E-state index in [1.54, 1.807) is 0 Å². The van der Waals surface area contributed by atoms with Crippen LogP contribution in [0.1, 0.15) is 30.3 Å². The van der Waals surface area contributed by atoms with Crippen LogP contribution in [0.25, 0.3) is 11.5 Å². The Hall–Kier alpha value is -1.68. The molecule has 4 nitrogen and oxygen atoms in total. The van der Waals surface area contributed by atoms with E-state index in [1.165, 1.54) is 5.56 Å². The number of hydrogen-bond donors (Lipinski definition) is 1. The molecule has 1 atom stereocenters. The van der Waals surface area contributed by atoms with Gasteiger partial charge in [-0.15, -0.1) is 0 Å². The van der Waals surface area contributed by atoms with Crippen LogP contribution in [0.4, 0.5) is 0 Å². The number of hydrogen-bond acceptors (Lipinski definition) is 4. The summed E-state index contributed by atoms with van der Waals surface area (Å²) in [4.78, 5) is 4.40. The Labute approximate surface area is 107 Å². The number of aromatic nitrogens is 2. The molecule has 0 bridgehead atoms. The Morgan fingerprint density at radius 1 is 1.33 bits per heavy atom. The van der Waals surface area contributed by atoms with Gasteiger partial charge in [-0.1, -0.05) is 29.8 Å². The van der Waals surface area contributed by atoms with Crippen LogP contribution in [0, 0.1) is 13.8 Å². The predicted molar refractivity (Wildman–Crippen MR) is 71.2 cm³/mol. The van der Waals surface area contributed by atoms with Gasteiger partial charge in [0, 0.05) is 18.0 Å². The third kappa shape index (κ3) is 2.76. The summed E-state index contributed by atoms with van der Waals surface area (Å²) in [5.41, 5.74) is 9.24. The van der Waals surface area contributed by atoms with Crippen molar-refractivity contribution in [3.05, 3.63) is 35.2 Å². The quantitative estimate of drug-likeness (QED) is 0.899. The lowest BCUT2D eigenvalue weighted by Gasteiger charge is -2.03. The molecule has 1 unspecified atom stereocenters. The van der Waals surface area contributed by atoms with E-state index in [4.69, 9.17) is 10.3 Å². The number of rotatable bonds is 4. The van der Waals surface area contributed by atoms with E-state index in [2.05, 4.69) is 30.1 Å². The van der Waals surface area contributed by atoms with Crippen molar-refractivity contribution < 1.29 is 4.52 Å². The van der Waals surface area contributed by atoms with Crippen molar-refractivity contribution in [2.75, 3.05) is 0 Å². The highest BCUT2D eigenvalue weighted by Gasteiger charge is 2.12. The molecule has 2 aromatic rings. The lowest BCUT2D eigenvalue weighted by atomic mass is 10.1. The third-order valence-corrected chi connectivity index (χ3v) is 3.05. The standard InChI is InChI=1S/C14H19N3O/c1-4-11(15)8-13-16-14(18-17-13)12-6-5-9(2)7-10(12)3/h5-7,11H,4,8,15H2,1-3H3. The Morgan fingerprint density at radius 2 is 2.11 bits per heavy atom. The van der Waals surface area contributed by atoms with E-state index in [0.717, 1.165) is 17.5 Å². The zero-order valence-corrected chi connectivity index (χ0v) is 11.1. The highest BCUT2D eigenvalue weighted by molar-refractivity contribution is 5.58. The SMILES string of the molecule is CCC(N)Cc1noc(-c2ccc(C)cc2C)n1. The summed E-state index contributed by atoms with van der Waals surface area (Å²) in [6.45, 7) is 6.16. The van der Waals surface area contributed by atoms with Gasteiger partial charge in [-0.3, -0.25) is 0 Å². The van der Waals surface area contributed by atoms with Gasteiger partial charge < -0.3 is 10.3 Å². The fourth-order valence-corrected chi connectivity index (χ4v) is 1.88. The Balaban J connectivity index is 2.24. The normalized spacial score (nSPS) is 12.7. The molecular weight excluding hydrogens is 226 g/mol. The Bertz CT molecular complexity index is 534. The molecule has 0 saturated heterocycles. The maximum absolute atomic E-state index is 5.88. The number of benzene rings is 1. The van der Waals surface area contributed by atoms with Crippen molar-refractivity contribution in [2.24, 2.45) is 5.73 Å². The van der Waals surface area contributed by atoms with E-state index >= 15 is 0 Å². The van der Waals surface area contributed by atoms with E-state index in [1.807, 2.05) is 19.1 Å². The highest BCUT2D eigenvalue weighted by Crippen LogP contribution is 2.22. The molecule has 0 spiro atoms. The van der Waals surface area contributed by atoms with Gasteiger partial charge in [0.05, 0.1) is 0 Å². The maximum atomic E-state index is 5.88. The molecule has 0 aliphatic heterocycles. The number of nitrogens with zero attached hydrogens (tertiary/aromatic N) is 2. The summed E-state index contributed by atoms with van der Waals surface area (Å²) >= 11 is 0. The minimum atomic E-state index is 0.0922. The van der Waals surface area contributed by atoms with Crippen LogP contribution in [-0.2, 0) is 6.42 Å². The molecule has 1 heterocycles. The topological polar surface area (TPSA) is 64.9 Å². The fraction of sp³-hybridized carbons (Fsp3) is 0.429. The first-order valence-corrected chi connectivity index (χ1v) is 6.26. The molecule has 0 saturated carbocycles. The van der Waals surface area contributed by atoms with Gasteiger partial charge in [-0.05, 0) is 31.9 Å². The largest absolute Gasteiger partial charge is 0.334 e. The molecule has 0 radical (unpaired) electrons. The van der Waals surface area contributed by atoms with Crippen molar-refractivity contribution in [1.82, 2.24) is 10.1 Å². The summed E-state index contributed by atoms with van der Waals surface area (Å²) < 4.78 is 5.30. The molecule has 0 aliphatic carbocycles. The molecule has 96 valence electrons. The highest BCUT2D eigenvalue weighted by atomic mass is 16.5. The summed E-state index contributed by atoms with van der Waals surface area (Å²) in [5.74, 6) is 1.25. The average molecular weight is 245 g/mol. The summed E-state index contributed by atoms with van der Waals surface area (Å²) in [6, 6.07) is 6.26. The van der Waals surface area contributed by atoms with E-state index in [9.17, 15) is 0 Å². The Morgan fingerprint density at radius 3 is 2.78 bits per heavy atom. The summed E-state index contributed by atoms with van der Waals surface area (Å²) in [6.07, 6.45) is 1.57. The zero-order valence-electron chi connectivity index (χ0n) is 11.1. The van der Waals surface area contributed by atoms with Gasteiger partial charge in [0.1, 0.15) is 0 Å². The first-order valence-electron chi connectivity index (χ1n) is 6.26. The van der Waals surface area contributed by atoms with Crippen molar-refractivity contribution in [2.45, 2.75) is 39.7 Å². The zero-order chi connectivity index (χ0) is 13.1. The van der Waals surface area contributed by atoms with Crippen molar-refractivity contribution in [3.8, 4) is 11.5 Å². The maximum Gasteiger partial charge on any atom is 0.258 e. The number of nitrogens with two attached hydrogens (primary N) is 1. The van der Waals surface area contributed by atoms with Crippen LogP contribution in [0.2, 0.25) is 0 Å². The lowest BCUT2D eigenvalue weighted by molar-refractivity contribution is 0.419. The van der Waals surface area contributed by atoms with Crippen LogP contribution < -0.4 is 5.73 Å². The number of aryl methyl sites for hydroxylation is 2. The van der Waals surface area contributed by atoms with Crippen LogP contribution in [-0.4, -0.2) is 16.2 Å². The second-order valence-corrected chi connectivity index (χ2v) is 4.71. The van der Waals surface area contributed by atoms with Gasteiger partial charge in [0.15, 0.2) is 5.82 Å². The first kappa shape index (κ1) is 12.8. The molecule has 0 amide bonds. The minimum Gasteiger partial charge on any atom is -0.334 e. The molecule has 0 aliphatic rings. The van der Waals surface area contributed by atoms with E-state index in [0.29, 0.717) is 18.1 Å². The van der Waals surface area contributed by atoms with Crippen molar-refractivity contribution in [3.63, 3.8) is 0 Å². The van der Waals surface area contributed by atoms with Gasteiger partial charge in [0.25, 0.3) is 5.89 Å². The molecule has 18 heavy (non-hydrogen) atoms. The first-order chi connectivity index (χ1) is 8.60.